The molecule has 2 aromatic carbocycles. The standard InChI is InChI=1S/C19H22ClN3O/c1-14-5-2-3-8-17(14)22-19(24)13-23-10-9-21-12-18(23)15-6-4-7-16(20)11-15/h2-8,11,18,21H,9-10,12-13H2,1H3,(H,22,24). The Balaban J connectivity index is 1.70. The predicted molar refractivity (Wildman–Crippen MR) is 98.4 cm³/mol. The van der Waals surface area contributed by atoms with E-state index in [1.165, 1.54) is 0 Å². The maximum absolute atomic E-state index is 12.5. The topological polar surface area (TPSA) is 44.4 Å². The third kappa shape index (κ3) is 4.15. The molecule has 2 N–H and O–H groups in total. The maximum Gasteiger partial charge on any atom is 0.238 e. The van der Waals surface area contributed by atoms with Crippen molar-refractivity contribution in [3.05, 3.63) is 64.7 Å². The highest BCUT2D eigenvalue weighted by Gasteiger charge is 2.25. The van der Waals surface area contributed by atoms with Crippen molar-refractivity contribution in [2.75, 3.05) is 31.5 Å². The quantitative estimate of drug-likeness (QED) is 0.895. The third-order valence-corrected chi connectivity index (χ3v) is 4.59. The van der Waals surface area contributed by atoms with Crippen molar-refractivity contribution in [3.8, 4) is 0 Å². The SMILES string of the molecule is Cc1ccccc1NC(=O)CN1CCNCC1c1cccc(Cl)c1. The fraction of sp³-hybridized carbons (Fsp3) is 0.316. The van der Waals surface area contributed by atoms with Crippen molar-refractivity contribution in [2.45, 2.75) is 13.0 Å². The highest BCUT2D eigenvalue weighted by atomic mass is 35.5. The van der Waals surface area contributed by atoms with Crippen LogP contribution in [0.25, 0.3) is 0 Å². The van der Waals surface area contributed by atoms with Crippen LogP contribution in [0.5, 0.6) is 0 Å². The first-order valence-corrected chi connectivity index (χ1v) is 8.57. The molecule has 0 radical (unpaired) electrons. The normalized spacial score (nSPS) is 18.3. The van der Waals surface area contributed by atoms with Crippen LogP contribution in [0.4, 0.5) is 5.69 Å². The number of aryl methyl sites for hydroxylation is 1. The van der Waals surface area contributed by atoms with E-state index in [2.05, 4.69) is 21.6 Å². The van der Waals surface area contributed by atoms with E-state index in [1.807, 2.05) is 49.4 Å². The first kappa shape index (κ1) is 17.0. The van der Waals surface area contributed by atoms with Crippen LogP contribution in [0.15, 0.2) is 48.5 Å². The smallest absolute Gasteiger partial charge is 0.238 e. The third-order valence-electron chi connectivity index (χ3n) is 4.35. The van der Waals surface area contributed by atoms with Gasteiger partial charge in [0.2, 0.25) is 5.91 Å². The largest absolute Gasteiger partial charge is 0.325 e. The van der Waals surface area contributed by atoms with Gasteiger partial charge in [-0.25, -0.2) is 0 Å². The molecule has 1 aliphatic rings. The Kier molecular flexibility index (Phi) is 5.51. The molecule has 126 valence electrons. The van der Waals surface area contributed by atoms with E-state index in [1.54, 1.807) is 0 Å². The van der Waals surface area contributed by atoms with Gasteiger partial charge in [0.25, 0.3) is 0 Å². The summed E-state index contributed by atoms with van der Waals surface area (Å²) in [5, 5.41) is 7.14. The fourth-order valence-electron chi connectivity index (χ4n) is 3.07. The zero-order valence-electron chi connectivity index (χ0n) is 13.8. The first-order chi connectivity index (χ1) is 11.6. The van der Waals surface area contributed by atoms with E-state index in [0.29, 0.717) is 6.54 Å². The minimum absolute atomic E-state index is 0.0122. The second kappa shape index (κ2) is 7.79. The number of hydrogen-bond donors (Lipinski definition) is 2. The fourth-order valence-corrected chi connectivity index (χ4v) is 3.26. The van der Waals surface area contributed by atoms with E-state index in [4.69, 9.17) is 11.6 Å². The molecule has 1 heterocycles. The van der Waals surface area contributed by atoms with Gasteiger partial charge in [0.1, 0.15) is 0 Å². The molecule has 1 fully saturated rings. The number of piperazine rings is 1. The number of rotatable bonds is 4. The number of carbonyl (C=O) groups is 1. The molecule has 5 heteroatoms. The van der Waals surface area contributed by atoms with Gasteiger partial charge in [-0.2, -0.15) is 0 Å². The van der Waals surface area contributed by atoms with Crippen molar-refractivity contribution >= 4 is 23.2 Å². The lowest BCUT2D eigenvalue weighted by atomic mass is 10.0. The zero-order valence-corrected chi connectivity index (χ0v) is 14.5. The molecule has 1 amide bonds. The van der Waals surface area contributed by atoms with E-state index in [0.717, 1.165) is 41.5 Å². The number of nitrogens with one attached hydrogen (secondary N) is 2. The highest BCUT2D eigenvalue weighted by Crippen LogP contribution is 2.24. The number of para-hydroxylation sites is 1. The molecule has 0 aliphatic carbocycles. The Labute approximate surface area is 147 Å². The van der Waals surface area contributed by atoms with Gasteiger partial charge in [0.05, 0.1) is 6.54 Å². The number of benzene rings is 2. The highest BCUT2D eigenvalue weighted by molar-refractivity contribution is 6.30. The molecule has 24 heavy (non-hydrogen) atoms. The summed E-state index contributed by atoms with van der Waals surface area (Å²) in [4.78, 5) is 14.7. The number of anilines is 1. The van der Waals surface area contributed by atoms with E-state index in [-0.39, 0.29) is 11.9 Å². The summed E-state index contributed by atoms with van der Waals surface area (Å²) in [6.45, 7) is 4.90. The Morgan fingerprint density at radius 1 is 1.29 bits per heavy atom. The maximum atomic E-state index is 12.5. The summed E-state index contributed by atoms with van der Waals surface area (Å²) < 4.78 is 0. The van der Waals surface area contributed by atoms with Crippen LogP contribution < -0.4 is 10.6 Å². The molecule has 1 saturated heterocycles. The molecule has 0 aromatic heterocycles. The minimum atomic E-state index is 0.0122. The van der Waals surface area contributed by atoms with Crippen LogP contribution >= 0.6 is 11.6 Å². The van der Waals surface area contributed by atoms with Crippen LogP contribution in [-0.4, -0.2) is 37.0 Å². The van der Waals surface area contributed by atoms with Gasteiger partial charge in [0.15, 0.2) is 0 Å². The second-order valence-electron chi connectivity index (χ2n) is 6.11. The van der Waals surface area contributed by atoms with Gasteiger partial charge >= 0.3 is 0 Å². The molecule has 1 atom stereocenters. The van der Waals surface area contributed by atoms with E-state index < -0.39 is 0 Å². The van der Waals surface area contributed by atoms with Crippen molar-refractivity contribution in [3.63, 3.8) is 0 Å². The Morgan fingerprint density at radius 2 is 2.12 bits per heavy atom. The minimum Gasteiger partial charge on any atom is -0.325 e. The predicted octanol–water partition coefficient (Wildman–Crippen LogP) is 3.23. The molecule has 0 bridgehead atoms. The number of halogens is 1. The lowest BCUT2D eigenvalue weighted by Gasteiger charge is -2.36. The van der Waals surface area contributed by atoms with Gasteiger partial charge in [-0.15, -0.1) is 0 Å². The number of hydrogen-bond acceptors (Lipinski definition) is 3. The summed E-state index contributed by atoms with van der Waals surface area (Å²) in [7, 11) is 0. The molecule has 0 spiro atoms. The lowest BCUT2D eigenvalue weighted by Crippen LogP contribution is -2.48. The Bertz CT molecular complexity index is 719. The molecular formula is C19H22ClN3O. The van der Waals surface area contributed by atoms with Crippen molar-refractivity contribution < 1.29 is 4.79 Å². The van der Waals surface area contributed by atoms with Crippen molar-refractivity contribution in [2.24, 2.45) is 0 Å². The van der Waals surface area contributed by atoms with Crippen LogP contribution in [0.2, 0.25) is 5.02 Å². The average Bonchev–Trinajstić information content (AvgIpc) is 2.57. The van der Waals surface area contributed by atoms with E-state index >= 15 is 0 Å². The van der Waals surface area contributed by atoms with Crippen LogP contribution in [0, 0.1) is 6.92 Å². The van der Waals surface area contributed by atoms with Crippen LogP contribution in [-0.2, 0) is 4.79 Å². The van der Waals surface area contributed by atoms with Crippen LogP contribution in [0.3, 0.4) is 0 Å². The van der Waals surface area contributed by atoms with Gasteiger partial charge in [-0.05, 0) is 36.2 Å². The molecule has 4 nitrogen and oxygen atoms in total. The summed E-state index contributed by atoms with van der Waals surface area (Å²) in [5.74, 6) is 0.0122. The van der Waals surface area contributed by atoms with Gasteiger partial charge in [0, 0.05) is 36.4 Å². The molecule has 0 saturated carbocycles. The summed E-state index contributed by atoms with van der Waals surface area (Å²) in [6.07, 6.45) is 0. The average molecular weight is 344 g/mol. The molecule has 1 unspecified atom stereocenters. The van der Waals surface area contributed by atoms with Crippen LogP contribution in [0.1, 0.15) is 17.2 Å². The number of nitrogens with zero attached hydrogens (tertiary/aromatic N) is 1. The molecule has 3 rings (SSSR count). The second-order valence-corrected chi connectivity index (χ2v) is 6.54. The van der Waals surface area contributed by atoms with Crippen molar-refractivity contribution in [1.82, 2.24) is 10.2 Å². The number of carbonyl (C=O) groups excluding carboxylic acids is 1. The number of amides is 1. The van der Waals surface area contributed by atoms with Gasteiger partial charge < -0.3 is 10.6 Å². The molecule has 1 aliphatic heterocycles. The van der Waals surface area contributed by atoms with Crippen molar-refractivity contribution in [1.29, 1.82) is 0 Å². The summed E-state index contributed by atoms with van der Waals surface area (Å²) in [6, 6.07) is 15.9. The monoisotopic (exact) mass is 343 g/mol. The molecule has 2 aromatic rings. The van der Waals surface area contributed by atoms with Gasteiger partial charge in [-0.1, -0.05) is 41.9 Å². The Morgan fingerprint density at radius 3 is 2.92 bits per heavy atom. The van der Waals surface area contributed by atoms with E-state index in [9.17, 15) is 4.79 Å². The lowest BCUT2D eigenvalue weighted by molar-refractivity contribution is -0.118. The zero-order chi connectivity index (χ0) is 16.9. The summed E-state index contributed by atoms with van der Waals surface area (Å²) >= 11 is 6.12. The first-order valence-electron chi connectivity index (χ1n) is 8.19. The summed E-state index contributed by atoms with van der Waals surface area (Å²) in [5.41, 5.74) is 3.08. The Hall–Kier alpha value is -1.88. The molecular weight excluding hydrogens is 322 g/mol. The van der Waals surface area contributed by atoms with Gasteiger partial charge in [-0.3, -0.25) is 9.69 Å².